The molecule has 2 aliphatic heterocycles. The van der Waals surface area contributed by atoms with Crippen LogP contribution in [0.1, 0.15) is 0 Å². The molecule has 0 bridgehead atoms. The molecule has 0 amide bonds. The predicted molar refractivity (Wildman–Crippen MR) is 264 cm³/mol. The summed E-state index contributed by atoms with van der Waals surface area (Å²) in [7, 11) is -6.65. The van der Waals surface area contributed by atoms with Crippen LogP contribution in [0.3, 0.4) is 0 Å². The van der Waals surface area contributed by atoms with Gasteiger partial charge >= 0.3 is 0 Å². The highest BCUT2D eigenvalue weighted by Gasteiger charge is 2.53. The standard InChI is InChI=1S/C54H39NO2P2SSi/c56-58(41-35-33-40(34-36-41)55-47-27-13-15-29-49(47)57-50-30-16-14-28-48(50)55)51-31-17-18-32-53(51)61(45-23-9-3-10-24-45,46-25-11-4-12-26-46)54-38-37-44(39-52(54)58)59(60,42-19-5-1-6-20-42)43-21-7-2-8-22-43/h1-39H. The summed E-state index contributed by atoms with van der Waals surface area (Å²) in [5.41, 5.74) is 2.86. The van der Waals surface area contributed by atoms with Crippen LogP contribution in [-0.4, -0.2) is 8.07 Å². The van der Waals surface area contributed by atoms with Gasteiger partial charge in [0.15, 0.2) is 26.7 Å². The minimum absolute atomic E-state index is 0.786. The first kappa shape index (κ1) is 37.7. The quantitative estimate of drug-likeness (QED) is 0.119. The van der Waals surface area contributed by atoms with E-state index in [-0.39, 0.29) is 0 Å². The van der Waals surface area contributed by atoms with Crippen molar-refractivity contribution >= 4 is 103 Å². The molecule has 0 saturated carbocycles. The third kappa shape index (κ3) is 5.77. The van der Waals surface area contributed by atoms with Gasteiger partial charge in [-0.2, -0.15) is 0 Å². The van der Waals surface area contributed by atoms with Gasteiger partial charge in [-0.15, -0.1) is 0 Å². The van der Waals surface area contributed by atoms with Crippen LogP contribution < -0.4 is 62.2 Å². The maximum absolute atomic E-state index is 17.2. The number of fused-ring (bicyclic) bond motifs is 4. The Hall–Kier alpha value is -6.32. The first-order valence-electron chi connectivity index (χ1n) is 20.5. The van der Waals surface area contributed by atoms with Gasteiger partial charge in [-0.05, 0) is 91.3 Å². The molecule has 9 aromatic rings. The number of nitrogens with zero attached hydrogens (tertiary/aromatic N) is 1. The molecule has 0 aliphatic carbocycles. The van der Waals surface area contributed by atoms with E-state index in [0.717, 1.165) is 70.8 Å². The van der Waals surface area contributed by atoms with Crippen LogP contribution >= 0.6 is 13.2 Å². The van der Waals surface area contributed by atoms with E-state index < -0.39 is 21.3 Å². The lowest BCUT2D eigenvalue weighted by molar-refractivity contribution is 0.477. The molecule has 292 valence electrons. The molecule has 9 aromatic carbocycles. The summed E-state index contributed by atoms with van der Waals surface area (Å²) in [5, 5.41) is 10.6. The molecule has 7 heteroatoms. The molecule has 0 saturated heterocycles. The SMILES string of the molecule is O=P1(c2ccc(N3c4ccccc4Oc4ccccc43)cc2)c2ccccc2[Si](c2ccccc2)(c2ccccc2)c2ccc(P(=S)(c3ccccc3)c3ccccc3)cc21. The predicted octanol–water partition coefficient (Wildman–Crippen LogP) is 8.35. The van der Waals surface area contributed by atoms with Crippen LogP contribution in [0.2, 0.25) is 0 Å². The van der Waals surface area contributed by atoms with Crippen molar-refractivity contribution in [1.82, 2.24) is 0 Å². The summed E-state index contributed by atoms with van der Waals surface area (Å²) in [6.07, 6.45) is 0. The smallest absolute Gasteiger partial charge is 0.181 e. The molecular weight excluding hydrogens is 817 g/mol. The van der Waals surface area contributed by atoms with Crippen molar-refractivity contribution in [3.05, 3.63) is 237 Å². The van der Waals surface area contributed by atoms with Crippen molar-refractivity contribution in [2.24, 2.45) is 0 Å². The number of rotatable bonds is 7. The third-order valence-corrected chi connectivity index (χ3v) is 25.7. The van der Waals surface area contributed by atoms with Crippen LogP contribution in [0.5, 0.6) is 11.5 Å². The van der Waals surface area contributed by atoms with Crippen molar-refractivity contribution in [1.29, 1.82) is 0 Å². The topological polar surface area (TPSA) is 29.5 Å². The van der Waals surface area contributed by atoms with Gasteiger partial charge in [0.25, 0.3) is 0 Å². The Bertz CT molecular complexity index is 3050. The monoisotopic (exact) mass is 855 g/mol. The number of para-hydroxylation sites is 4. The van der Waals surface area contributed by atoms with E-state index in [9.17, 15) is 0 Å². The number of hydrogen-bond acceptors (Lipinski definition) is 4. The molecule has 0 radical (unpaired) electrons. The highest BCUT2D eigenvalue weighted by Crippen LogP contribution is 2.51. The lowest BCUT2D eigenvalue weighted by Crippen LogP contribution is -2.82. The van der Waals surface area contributed by atoms with E-state index >= 15 is 4.57 Å². The van der Waals surface area contributed by atoms with Gasteiger partial charge in [-0.3, -0.25) is 0 Å². The minimum atomic E-state index is -3.58. The molecule has 0 fully saturated rings. The van der Waals surface area contributed by atoms with E-state index in [1.165, 1.54) is 10.4 Å². The lowest BCUT2D eigenvalue weighted by atomic mass is 10.1. The largest absolute Gasteiger partial charge is 0.453 e. The van der Waals surface area contributed by atoms with Gasteiger partial charge in [-0.1, -0.05) is 194 Å². The molecule has 2 heterocycles. The second-order valence-corrected chi connectivity index (χ2v) is 26.3. The summed E-state index contributed by atoms with van der Waals surface area (Å²) in [5.74, 6) is 1.58. The van der Waals surface area contributed by atoms with Crippen molar-refractivity contribution in [2.75, 3.05) is 4.90 Å². The average molecular weight is 856 g/mol. The molecule has 0 aromatic heterocycles. The van der Waals surface area contributed by atoms with E-state index in [2.05, 4.69) is 193 Å². The van der Waals surface area contributed by atoms with Gasteiger partial charge in [0.1, 0.15) is 0 Å². The number of ether oxygens (including phenoxy) is 1. The van der Waals surface area contributed by atoms with Gasteiger partial charge in [0.05, 0.1) is 11.4 Å². The second kappa shape index (κ2) is 15.0. The number of benzene rings is 9. The molecule has 1 atom stereocenters. The molecule has 2 aliphatic rings. The van der Waals surface area contributed by atoms with E-state index in [1.807, 2.05) is 48.5 Å². The van der Waals surface area contributed by atoms with Crippen molar-refractivity contribution in [3.8, 4) is 11.5 Å². The first-order valence-corrected chi connectivity index (χ1v) is 27.0. The zero-order valence-corrected chi connectivity index (χ0v) is 36.7. The van der Waals surface area contributed by atoms with E-state index in [0.29, 0.717) is 0 Å². The fraction of sp³-hybridized carbons (Fsp3) is 0. The zero-order chi connectivity index (χ0) is 41.0. The maximum atomic E-state index is 17.2. The minimum Gasteiger partial charge on any atom is -0.453 e. The van der Waals surface area contributed by atoms with E-state index in [1.54, 1.807) is 0 Å². The molecule has 0 spiro atoms. The Morgan fingerprint density at radius 1 is 0.443 bits per heavy atom. The Morgan fingerprint density at radius 2 is 0.902 bits per heavy atom. The normalized spacial score (nSPS) is 16.0. The molecule has 1 unspecified atom stereocenters. The maximum Gasteiger partial charge on any atom is 0.181 e. The third-order valence-electron chi connectivity index (χ3n) is 12.3. The Kier molecular flexibility index (Phi) is 9.26. The van der Waals surface area contributed by atoms with Crippen molar-refractivity contribution < 1.29 is 9.30 Å². The van der Waals surface area contributed by atoms with Gasteiger partial charge < -0.3 is 14.2 Å². The van der Waals surface area contributed by atoms with Crippen LogP contribution in [-0.2, 0) is 16.4 Å². The molecule has 61 heavy (non-hydrogen) atoms. The number of hydrogen-bond donors (Lipinski definition) is 0. The van der Waals surface area contributed by atoms with Crippen molar-refractivity contribution in [3.63, 3.8) is 0 Å². The van der Waals surface area contributed by atoms with Crippen LogP contribution in [0.25, 0.3) is 0 Å². The molecular formula is C54H39NO2P2SSi. The summed E-state index contributed by atoms with van der Waals surface area (Å²) >= 11 is 6.99. The second-order valence-electron chi connectivity index (χ2n) is 15.5. The van der Waals surface area contributed by atoms with E-state index in [4.69, 9.17) is 16.5 Å². The Balaban J connectivity index is 1.20. The first-order chi connectivity index (χ1) is 30.0. The van der Waals surface area contributed by atoms with Crippen LogP contribution in [0, 0.1) is 0 Å². The Morgan fingerprint density at radius 3 is 1.46 bits per heavy atom. The van der Waals surface area contributed by atoms with Crippen LogP contribution in [0.15, 0.2) is 237 Å². The summed E-state index contributed by atoms with van der Waals surface area (Å²) in [6, 6.07) is 80.3. The molecule has 0 N–H and O–H groups in total. The van der Waals surface area contributed by atoms with Crippen molar-refractivity contribution in [2.45, 2.75) is 0 Å². The zero-order valence-electron chi connectivity index (χ0n) is 33.1. The summed E-state index contributed by atoms with van der Waals surface area (Å²) < 4.78 is 23.6. The molecule has 11 rings (SSSR count). The van der Waals surface area contributed by atoms with Gasteiger partial charge in [0.2, 0.25) is 0 Å². The van der Waals surface area contributed by atoms with Crippen LogP contribution in [0.4, 0.5) is 17.1 Å². The molecule has 3 nitrogen and oxygen atoms in total. The Labute approximate surface area is 363 Å². The number of anilines is 3. The average Bonchev–Trinajstić information content (AvgIpc) is 3.34. The highest BCUT2D eigenvalue weighted by molar-refractivity contribution is 8.25. The highest BCUT2D eigenvalue weighted by atomic mass is 32.4. The fourth-order valence-electron chi connectivity index (χ4n) is 9.59. The lowest BCUT2D eigenvalue weighted by Gasteiger charge is -2.43. The summed E-state index contributed by atoms with van der Waals surface area (Å²) in [4.78, 5) is 2.23. The summed E-state index contributed by atoms with van der Waals surface area (Å²) in [6.45, 7) is 0. The fourth-order valence-corrected chi connectivity index (χ4v) is 23.1. The van der Waals surface area contributed by atoms with Gasteiger partial charge in [-0.25, -0.2) is 0 Å². The van der Waals surface area contributed by atoms with Gasteiger partial charge in [0, 0.05) is 27.6 Å².